The fourth-order valence-corrected chi connectivity index (χ4v) is 4.54. The Kier molecular flexibility index (Phi) is 3.76. The summed E-state index contributed by atoms with van der Waals surface area (Å²) in [6, 6.07) is 13.3. The number of hydrogen-bond donors (Lipinski definition) is 1. The average Bonchev–Trinajstić information content (AvgIpc) is 2.77. The van der Waals surface area contributed by atoms with Crippen molar-refractivity contribution in [1.29, 1.82) is 0 Å². The van der Waals surface area contributed by atoms with E-state index in [9.17, 15) is 13.2 Å². The normalized spacial score (nSPS) is 15.2. The number of aromatic carboxylic acids is 1. The van der Waals surface area contributed by atoms with E-state index in [1.807, 2.05) is 0 Å². The summed E-state index contributed by atoms with van der Waals surface area (Å²) in [5.41, 5.74) is 1.23. The predicted molar refractivity (Wildman–Crippen MR) is 84.3 cm³/mol. The van der Waals surface area contributed by atoms with Gasteiger partial charge in [-0.3, -0.25) is 0 Å². The van der Waals surface area contributed by atoms with Crippen LogP contribution in [0.25, 0.3) is 0 Å². The number of nitrogens with zero attached hydrogens (tertiary/aromatic N) is 1. The van der Waals surface area contributed by atoms with Gasteiger partial charge in [0.1, 0.15) is 0 Å². The lowest BCUT2D eigenvalue weighted by Crippen LogP contribution is -2.03. The third kappa shape index (κ3) is 2.65. The third-order valence-corrected chi connectivity index (χ3v) is 5.65. The molecule has 7 heteroatoms. The van der Waals surface area contributed by atoms with Crippen molar-refractivity contribution < 1.29 is 18.3 Å². The maximum Gasteiger partial charge on any atom is 0.336 e. The third-order valence-electron chi connectivity index (χ3n) is 3.19. The standard InChI is InChI=1S/C15H11NO4S2/c17-15(18)11-6-1-3-7-13(11)21-9-12-10-5-2-4-8-14(10)22(19,20)16-12/h1-8H,9H2,(H,17,18). The van der Waals surface area contributed by atoms with E-state index in [1.165, 1.54) is 23.9 Å². The molecular formula is C15H11NO4S2. The minimum atomic E-state index is -3.63. The molecule has 1 heterocycles. The van der Waals surface area contributed by atoms with Crippen LogP contribution < -0.4 is 0 Å². The maximum atomic E-state index is 12.0. The molecular weight excluding hydrogens is 322 g/mol. The molecule has 0 fully saturated rings. The Morgan fingerprint density at radius 3 is 2.55 bits per heavy atom. The Balaban J connectivity index is 1.89. The van der Waals surface area contributed by atoms with E-state index in [0.717, 1.165) is 0 Å². The van der Waals surface area contributed by atoms with Crippen LogP contribution in [-0.4, -0.2) is 31.0 Å². The molecule has 3 rings (SSSR count). The first-order chi connectivity index (χ1) is 10.5. The Morgan fingerprint density at radius 2 is 1.77 bits per heavy atom. The van der Waals surface area contributed by atoms with Crippen molar-refractivity contribution >= 4 is 33.5 Å². The summed E-state index contributed by atoms with van der Waals surface area (Å²) in [5, 5.41) is 9.16. The van der Waals surface area contributed by atoms with Gasteiger partial charge in [-0.1, -0.05) is 30.3 Å². The fourth-order valence-electron chi connectivity index (χ4n) is 2.19. The lowest BCUT2D eigenvalue weighted by atomic mass is 10.1. The van der Waals surface area contributed by atoms with Gasteiger partial charge in [0.15, 0.2) is 0 Å². The van der Waals surface area contributed by atoms with Gasteiger partial charge in [-0.15, -0.1) is 11.8 Å². The van der Waals surface area contributed by atoms with E-state index in [-0.39, 0.29) is 10.5 Å². The van der Waals surface area contributed by atoms with Gasteiger partial charge in [-0.2, -0.15) is 12.8 Å². The summed E-state index contributed by atoms with van der Waals surface area (Å²) in [6.45, 7) is 0. The first kappa shape index (κ1) is 14.8. The van der Waals surface area contributed by atoms with Gasteiger partial charge in [0, 0.05) is 16.2 Å². The highest BCUT2D eigenvalue weighted by Crippen LogP contribution is 2.30. The monoisotopic (exact) mass is 333 g/mol. The fraction of sp³-hybridized carbons (Fsp3) is 0.0667. The van der Waals surface area contributed by atoms with Gasteiger partial charge < -0.3 is 5.11 Å². The number of fused-ring (bicyclic) bond motifs is 1. The molecule has 0 radical (unpaired) electrons. The van der Waals surface area contributed by atoms with Crippen molar-refractivity contribution in [2.24, 2.45) is 4.40 Å². The summed E-state index contributed by atoms with van der Waals surface area (Å²) >= 11 is 1.26. The molecule has 5 nitrogen and oxygen atoms in total. The molecule has 22 heavy (non-hydrogen) atoms. The second-order valence-corrected chi connectivity index (χ2v) is 7.19. The van der Waals surface area contributed by atoms with Crippen LogP contribution in [0.5, 0.6) is 0 Å². The van der Waals surface area contributed by atoms with E-state index < -0.39 is 16.0 Å². The number of carboxylic acid groups (broad SMARTS) is 1. The molecule has 0 aliphatic carbocycles. The SMILES string of the molecule is O=C(O)c1ccccc1SCC1=NS(=O)(=O)c2ccccc21. The van der Waals surface area contributed by atoms with Crippen LogP contribution in [0.2, 0.25) is 0 Å². The quantitative estimate of drug-likeness (QED) is 0.870. The molecule has 2 aromatic rings. The van der Waals surface area contributed by atoms with Crippen LogP contribution in [0.15, 0.2) is 62.7 Å². The zero-order valence-electron chi connectivity index (χ0n) is 11.3. The highest BCUT2D eigenvalue weighted by Gasteiger charge is 2.28. The van der Waals surface area contributed by atoms with Gasteiger partial charge >= 0.3 is 5.97 Å². The smallest absolute Gasteiger partial charge is 0.336 e. The molecule has 0 aromatic heterocycles. The molecule has 1 aliphatic rings. The van der Waals surface area contributed by atoms with Crippen LogP contribution in [-0.2, 0) is 10.0 Å². The van der Waals surface area contributed by atoms with Crippen LogP contribution >= 0.6 is 11.8 Å². The van der Waals surface area contributed by atoms with Crippen molar-refractivity contribution in [2.45, 2.75) is 9.79 Å². The lowest BCUT2D eigenvalue weighted by Gasteiger charge is -2.05. The van der Waals surface area contributed by atoms with Crippen LogP contribution in [0.1, 0.15) is 15.9 Å². The van der Waals surface area contributed by atoms with Crippen LogP contribution in [0.3, 0.4) is 0 Å². The summed E-state index contributed by atoms with van der Waals surface area (Å²) in [4.78, 5) is 12.0. The number of rotatable bonds is 4. The number of thioether (sulfide) groups is 1. The molecule has 0 atom stereocenters. The minimum absolute atomic E-state index is 0.197. The van der Waals surface area contributed by atoms with E-state index in [1.54, 1.807) is 36.4 Å². The Morgan fingerprint density at radius 1 is 1.09 bits per heavy atom. The Bertz CT molecular complexity index is 888. The summed E-state index contributed by atoms with van der Waals surface area (Å²) in [5.74, 6) is -0.718. The second-order valence-electron chi connectivity index (χ2n) is 4.60. The van der Waals surface area contributed by atoms with Gasteiger partial charge in [0.25, 0.3) is 10.0 Å². The topological polar surface area (TPSA) is 83.8 Å². The van der Waals surface area contributed by atoms with E-state index in [0.29, 0.717) is 21.9 Å². The summed E-state index contributed by atoms with van der Waals surface area (Å²) < 4.78 is 27.7. The molecule has 2 aromatic carbocycles. The van der Waals surface area contributed by atoms with Gasteiger partial charge in [0.2, 0.25) is 0 Å². The molecule has 112 valence electrons. The molecule has 1 N–H and O–H groups in total. The van der Waals surface area contributed by atoms with Crippen molar-refractivity contribution in [3.63, 3.8) is 0 Å². The Labute approximate surface area is 131 Å². The second kappa shape index (κ2) is 5.58. The molecule has 0 bridgehead atoms. The molecule has 0 unspecified atom stereocenters. The average molecular weight is 333 g/mol. The molecule has 0 saturated heterocycles. The summed E-state index contributed by atoms with van der Waals surface area (Å²) in [7, 11) is -3.63. The molecule has 0 amide bonds. The van der Waals surface area contributed by atoms with E-state index in [2.05, 4.69) is 4.40 Å². The Hall–Kier alpha value is -2.12. The molecule has 0 spiro atoms. The van der Waals surface area contributed by atoms with Gasteiger partial charge in [0.05, 0.1) is 16.2 Å². The number of sulfonamides is 1. The highest BCUT2D eigenvalue weighted by atomic mass is 32.2. The van der Waals surface area contributed by atoms with Crippen molar-refractivity contribution in [1.82, 2.24) is 0 Å². The van der Waals surface area contributed by atoms with E-state index >= 15 is 0 Å². The largest absolute Gasteiger partial charge is 0.478 e. The number of hydrogen-bond acceptors (Lipinski definition) is 4. The van der Waals surface area contributed by atoms with Crippen molar-refractivity contribution in [2.75, 3.05) is 5.75 Å². The van der Waals surface area contributed by atoms with Gasteiger partial charge in [-0.05, 0) is 18.2 Å². The van der Waals surface area contributed by atoms with Crippen molar-refractivity contribution in [3.8, 4) is 0 Å². The first-order valence-electron chi connectivity index (χ1n) is 6.37. The number of carboxylic acids is 1. The number of benzene rings is 2. The predicted octanol–water partition coefficient (Wildman–Crippen LogP) is 2.67. The number of carbonyl (C=O) groups is 1. The molecule has 1 aliphatic heterocycles. The lowest BCUT2D eigenvalue weighted by molar-refractivity contribution is 0.0693. The maximum absolute atomic E-state index is 12.0. The van der Waals surface area contributed by atoms with Crippen LogP contribution in [0, 0.1) is 0 Å². The minimum Gasteiger partial charge on any atom is -0.478 e. The van der Waals surface area contributed by atoms with Crippen LogP contribution in [0.4, 0.5) is 0 Å². The summed E-state index contributed by atoms with van der Waals surface area (Å²) in [6.07, 6.45) is 0. The first-order valence-corrected chi connectivity index (χ1v) is 8.80. The highest BCUT2D eigenvalue weighted by molar-refractivity contribution is 8.00. The zero-order valence-corrected chi connectivity index (χ0v) is 12.9. The zero-order chi connectivity index (χ0) is 15.7. The molecule has 0 saturated carbocycles. The van der Waals surface area contributed by atoms with E-state index in [4.69, 9.17) is 5.11 Å². The van der Waals surface area contributed by atoms with Gasteiger partial charge in [-0.25, -0.2) is 4.79 Å². The van der Waals surface area contributed by atoms with Crippen molar-refractivity contribution in [3.05, 3.63) is 59.7 Å².